The Morgan fingerprint density at radius 1 is 1.21 bits per heavy atom. The first-order valence-electron chi connectivity index (χ1n) is 5.64. The average Bonchev–Trinajstić information content (AvgIpc) is 3.06. The molecule has 0 atom stereocenters. The fourth-order valence-electron chi connectivity index (χ4n) is 1.62. The van der Waals surface area contributed by atoms with Crippen molar-refractivity contribution in [3.8, 4) is 10.4 Å². The number of nitrogens with one attached hydrogen (secondary N) is 1. The van der Waals surface area contributed by atoms with Crippen LogP contribution in [0.1, 0.15) is 4.88 Å². The zero-order valence-electron chi connectivity index (χ0n) is 9.85. The van der Waals surface area contributed by atoms with Gasteiger partial charge in [-0.2, -0.15) is 14.9 Å². The molecule has 3 aromatic rings. The van der Waals surface area contributed by atoms with Gasteiger partial charge in [-0.3, -0.25) is 5.10 Å². The van der Waals surface area contributed by atoms with E-state index in [0.717, 1.165) is 4.88 Å². The Kier molecular flexibility index (Phi) is 3.35. The summed E-state index contributed by atoms with van der Waals surface area (Å²) in [5.74, 6) is 0. The summed E-state index contributed by atoms with van der Waals surface area (Å²) in [5, 5.41) is 10.7. The second-order valence-corrected chi connectivity index (χ2v) is 5.32. The fourth-order valence-corrected chi connectivity index (χ4v) is 2.65. The summed E-state index contributed by atoms with van der Waals surface area (Å²) in [5.41, 5.74) is 1.21. The second kappa shape index (κ2) is 5.29. The fraction of sp³-hybridized carbons (Fsp3) is 0. The summed E-state index contributed by atoms with van der Waals surface area (Å²) in [6, 6.07) is 14.4. The maximum absolute atomic E-state index is 5.02. The summed E-state index contributed by atoms with van der Waals surface area (Å²) in [4.78, 5) is 2.29. The lowest BCUT2D eigenvalue weighted by atomic mass is 10.2. The van der Waals surface area contributed by atoms with Gasteiger partial charge in [0.15, 0.2) is 0 Å². The van der Waals surface area contributed by atoms with Gasteiger partial charge in [0.1, 0.15) is 6.33 Å². The highest BCUT2D eigenvalue weighted by molar-refractivity contribution is 7.71. The van der Waals surface area contributed by atoms with Crippen LogP contribution in [0.4, 0.5) is 0 Å². The van der Waals surface area contributed by atoms with Crippen LogP contribution >= 0.6 is 23.6 Å². The summed E-state index contributed by atoms with van der Waals surface area (Å²) < 4.78 is 2.01. The highest BCUT2D eigenvalue weighted by atomic mass is 32.1. The Labute approximate surface area is 119 Å². The predicted molar refractivity (Wildman–Crippen MR) is 80.2 cm³/mol. The molecule has 0 aliphatic rings. The first-order valence-corrected chi connectivity index (χ1v) is 6.87. The van der Waals surface area contributed by atoms with Crippen molar-refractivity contribution in [1.29, 1.82) is 0 Å². The molecule has 0 aliphatic heterocycles. The molecule has 3 rings (SSSR count). The maximum atomic E-state index is 5.02. The quantitative estimate of drug-likeness (QED) is 0.591. The third kappa shape index (κ3) is 2.69. The van der Waals surface area contributed by atoms with Gasteiger partial charge in [-0.05, 0) is 29.9 Å². The van der Waals surface area contributed by atoms with Crippen molar-refractivity contribution in [3.63, 3.8) is 0 Å². The molecule has 2 heterocycles. The Balaban J connectivity index is 1.85. The number of nitrogens with zero attached hydrogens (tertiary/aromatic N) is 3. The van der Waals surface area contributed by atoms with Gasteiger partial charge in [-0.15, -0.1) is 11.3 Å². The highest BCUT2D eigenvalue weighted by Crippen LogP contribution is 2.26. The molecule has 0 aliphatic carbocycles. The minimum Gasteiger partial charge on any atom is -0.250 e. The molecule has 0 radical (unpaired) electrons. The van der Waals surface area contributed by atoms with Crippen molar-refractivity contribution >= 4 is 29.8 Å². The van der Waals surface area contributed by atoms with Crippen molar-refractivity contribution in [2.75, 3.05) is 0 Å². The molecule has 0 spiro atoms. The van der Waals surface area contributed by atoms with E-state index < -0.39 is 0 Å². The number of hydrogen-bond acceptors (Lipinski definition) is 4. The topological polar surface area (TPSA) is 46.0 Å². The lowest BCUT2D eigenvalue weighted by Crippen LogP contribution is -1.86. The standard InChI is InChI=1S/C13H10N4S2/c18-13-16-14-9-17(13)15-8-11-6-7-12(19-11)10-4-2-1-3-5-10/h1-9H,(H,16,18)/b15-8-. The van der Waals surface area contributed by atoms with Crippen LogP contribution in [0.15, 0.2) is 53.9 Å². The zero-order valence-corrected chi connectivity index (χ0v) is 11.5. The van der Waals surface area contributed by atoms with Crippen LogP contribution in [0.3, 0.4) is 0 Å². The molecule has 0 unspecified atom stereocenters. The van der Waals surface area contributed by atoms with Gasteiger partial charge in [0.2, 0.25) is 4.77 Å². The van der Waals surface area contributed by atoms with Crippen molar-refractivity contribution in [2.45, 2.75) is 0 Å². The molecular formula is C13H10N4S2. The normalized spacial score (nSPS) is 11.2. The van der Waals surface area contributed by atoms with Crippen LogP contribution in [-0.2, 0) is 0 Å². The summed E-state index contributed by atoms with van der Waals surface area (Å²) in [6.45, 7) is 0. The van der Waals surface area contributed by atoms with Gasteiger partial charge in [0.25, 0.3) is 0 Å². The van der Waals surface area contributed by atoms with Gasteiger partial charge < -0.3 is 0 Å². The van der Waals surface area contributed by atoms with Crippen LogP contribution in [0.5, 0.6) is 0 Å². The van der Waals surface area contributed by atoms with Crippen molar-refractivity contribution in [3.05, 3.63) is 58.4 Å². The Morgan fingerprint density at radius 3 is 2.79 bits per heavy atom. The van der Waals surface area contributed by atoms with Gasteiger partial charge in [0.05, 0.1) is 6.21 Å². The SMILES string of the molecule is S=c1[nH]ncn1/N=C\c1ccc(-c2ccccc2)s1. The van der Waals surface area contributed by atoms with Crippen LogP contribution in [0, 0.1) is 4.77 Å². The minimum atomic E-state index is 0.482. The van der Waals surface area contributed by atoms with E-state index in [-0.39, 0.29) is 0 Å². The van der Waals surface area contributed by atoms with E-state index in [1.807, 2.05) is 24.3 Å². The number of benzene rings is 1. The van der Waals surface area contributed by atoms with Crippen LogP contribution in [0.2, 0.25) is 0 Å². The monoisotopic (exact) mass is 286 g/mol. The molecule has 1 N–H and O–H groups in total. The molecule has 19 heavy (non-hydrogen) atoms. The number of aromatic nitrogens is 3. The lowest BCUT2D eigenvalue weighted by Gasteiger charge is -1.94. The Bertz CT molecular complexity index is 752. The third-order valence-corrected chi connectivity index (χ3v) is 3.88. The molecule has 0 saturated heterocycles. The number of rotatable bonds is 3. The molecule has 1 aromatic carbocycles. The van der Waals surface area contributed by atoms with Crippen molar-refractivity contribution < 1.29 is 0 Å². The van der Waals surface area contributed by atoms with Gasteiger partial charge in [-0.1, -0.05) is 30.3 Å². The van der Waals surface area contributed by atoms with Crippen molar-refractivity contribution in [2.24, 2.45) is 5.10 Å². The molecule has 94 valence electrons. The summed E-state index contributed by atoms with van der Waals surface area (Å²) >= 11 is 6.70. The molecule has 0 bridgehead atoms. The van der Waals surface area contributed by atoms with Crippen molar-refractivity contribution in [1.82, 2.24) is 14.9 Å². The molecule has 0 amide bonds. The van der Waals surface area contributed by atoms with Crippen LogP contribution in [-0.4, -0.2) is 21.1 Å². The van der Waals surface area contributed by atoms with E-state index in [1.54, 1.807) is 23.9 Å². The van der Waals surface area contributed by atoms with Gasteiger partial charge >= 0.3 is 0 Å². The smallest absolute Gasteiger partial charge is 0.216 e. The Hall–Kier alpha value is -2.05. The molecular weight excluding hydrogens is 276 g/mol. The first-order chi connectivity index (χ1) is 9.33. The number of H-pyrrole nitrogens is 1. The van der Waals surface area contributed by atoms with Crippen LogP contribution in [0.25, 0.3) is 10.4 Å². The zero-order chi connectivity index (χ0) is 13.1. The van der Waals surface area contributed by atoms with Crippen LogP contribution < -0.4 is 0 Å². The highest BCUT2D eigenvalue weighted by Gasteiger charge is 2.00. The molecule has 0 fully saturated rings. The minimum absolute atomic E-state index is 0.482. The molecule has 4 nitrogen and oxygen atoms in total. The van der Waals surface area contributed by atoms with E-state index in [2.05, 4.69) is 33.5 Å². The average molecular weight is 286 g/mol. The maximum Gasteiger partial charge on any atom is 0.216 e. The van der Waals surface area contributed by atoms with E-state index in [0.29, 0.717) is 4.77 Å². The van der Waals surface area contributed by atoms with E-state index in [4.69, 9.17) is 12.2 Å². The molecule has 6 heteroatoms. The number of aromatic amines is 1. The second-order valence-electron chi connectivity index (χ2n) is 3.82. The lowest BCUT2D eigenvalue weighted by molar-refractivity contribution is 0.863. The van der Waals surface area contributed by atoms with E-state index >= 15 is 0 Å². The summed E-state index contributed by atoms with van der Waals surface area (Å²) in [7, 11) is 0. The molecule has 2 aromatic heterocycles. The predicted octanol–water partition coefficient (Wildman–Crippen LogP) is 3.55. The summed E-state index contributed by atoms with van der Waals surface area (Å²) in [6.07, 6.45) is 3.33. The van der Waals surface area contributed by atoms with Gasteiger partial charge in [0, 0.05) is 9.75 Å². The number of hydrogen-bond donors (Lipinski definition) is 1. The largest absolute Gasteiger partial charge is 0.250 e. The molecule has 0 saturated carbocycles. The van der Waals surface area contributed by atoms with E-state index in [1.165, 1.54) is 15.1 Å². The van der Waals surface area contributed by atoms with Gasteiger partial charge in [-0.25, -0.2) is 0 Å². The first kappa shape index (κ1) is 12.0. The van der Waals surface area contributed by atoms with E-state index in [9.17, 15) is 0 Å². The number of thiophene rings is 1. The third-order valence-electron chi connectivity index (χ3n) is 2.53. The Morgan fingerprint density at radius 2 is 2.05 bits per heavy atom.